The topological polar surface area (TPSA) is 45.2 Å². The van der Waals surface area contributed by atoms with Gasteiger partial charge in [-0.1, -0.05) is 12.1 Å². The first-order valence-corrected chi connectivity index (χ1v) is 7.57. The molecule has 1 aromatic carbocycles. The zero-order valence-electron chi connectivity index (χ0n) is 12.9. The van der Waals surface area contributed by atoms with Crippen molar-refractivity contribution in [2.24, 2.45) is 0 Å². The predicted molar refractivity (Wildman–Crippen MR) is 97.3 cm³/mol. The van der Waals surface area contributed by atoms with E-state index in [9.17, 15) is 9.18 Å². The van der Waals surface area contributed by atoms with Crippen molar-refractivity contribution in [2.75, 3.05) is 27.2 Å². The maximum atomic E-state index is 13.2. The van der Waals surface area contributed by atoms with Gasteiger partial charge in [0.2, 0.25) is 5.91 Å². The smallest absolute Gasteiger partial charge is 0.228 e. The minimum Gasteiger partial charge on any atom is -0.344 e. The Labute approximate surface area is 151 Å². The number of nitrogens with zero attached hydrogens (tertiary/aromatic N) is 2. The third kappa shape index (κ3) is 6.43. The molecule has 0 radical (unpaired) electrons. The molecule has 1 N–H and O–H groups in total. The maximum absolute atomic E-state index is 13.2. The Kier molecular flexibility index (Phi) is 9.99. The number of carbonyl (C=O) groups excluding carboxylic acids is 1. The lowest BCUT2D eigenvalue weighted by atomic mass is 10.2. The zero-order chi connectivity index (χ0) is 15.2. The fourth-order valence-electron chi connectivity index (χ4n) is 1.84. The van der Waals surface area contributed by atoms with Gasteiger partial charge >= 0.3 is 0 Å². The van der Waals surface area contributed by atoms with Gasteiger partial charge in [-0.25, -0.2) is 9.37 Å². The Bertz CT molecular complexity index is 624. The van der Waals surface area contributed by atoms with Crippen molar-refractivity contribution in [3.05, 3.63) is 41.2 Å². The third-order valence-corrected chi connectivity index (χ3v) is 4.02. The summed E-state index contributed by atoms with van der Waals surface area (Å²) in [7, 11) is 3.63. The maximum Gasteiger partial charge on any atom is 0.228 e. The first kappa shape index (κ1) is 21.8. The van der Waals surface area contributed by atoms with E-state index in [2.05, 4.69) is 10.3 Å². The van der Waals surface area contributed by atoms with Crippen LogP contribution in [0.3, 0.4) is 0 Å². The second-order valence-electron chi connectivity index (χ2n) is 4.75. The fourth-order valence-corrected chi connectivity index (χ4v) is 2.65. The number of thiazole rings is 1. The Morgan fingerprint density at radius 1 is 1.39 bits per heavy atom. The molecule has 0 bridgehead atoms. The van der Waals surface area contributed by atoms with E-state index in [1.807, 2.05) is 18.5 Å². The van der Waals surface area contributed by atoms with Crippen LogP contribution in [0.2, 0.25) is 0 Å². The Morgan fingerprint density at radius 2 is 2.13 bits per heavy atom. The molecule has 4 nitrogen and oxygen atoms in total. The van der Waals surface area contributed by atoms with Crippen LogP contribution in [0.15, 0.2) is 29.6 Å². The number of hydrogen-bond donors (Lipinski definition) is 1. The molecule has 1 heterocycles. The highest BCUT2D eigenvalue weighted by atomic mass is 35.5. The molecule has 0 saturated heterocycles. The van der Waals surface area contributed by atoms with Crippen molar-refractivity contribution >= 4 is 42.1 Å². The van der Waals surface area contributed by atoms with Crippen LogP contribution >= 0.6 is 36.2 Å². The Hall–Kier alpha value is -1.21. The van der Waals surface area contributed by atoms with Crippen molar-refractivity contribution in [2.45, 2.75) is 6.42 Å². The molecule has 8 heteroatoms. The van der Waals surface area contributed by atoms with E-state index in [0.717, 1.165) is 22.8 Å². The lowest BCUT2D eigenvalue weighted by molar-refractivity contribution is -0.129. The average Bonchev–Trinajstić information content (AvgIpc) is 2.93. The van der Waals surface area contributed by atoms with Crippen LogP contribution in [-0.4, -0.2) is 43.0 Å². The molecule has 0 spiro atoms. The summed E-state index contributed by atoms with van der Waals surface area (Å²) in [5.74, 6) is -0.256. The summed E-state index contributed by atoms with van der Waals surface area (Å²) in [6.07, 6.45) is 0.270. The molecule has 128 valence electrons. The van der Waals surface area contributed by atoms with Gasteiger partial charge in [-0.2, -0.15) is 0 Å². The van der Waals surface area contributed by atoms with E-state index < -0.39 is 0 Å². The van der Waals surface area contributed by atoms with E-state index in [0.29, 0.717) is 6.54 Å². The van der Waals surface area contributed by atoms with Gasteiger partial charge in [-0.15, -0.1) is 36.2 Å². The fraction of sp³-hybridized carbons (Fsp3) is 0.333. The summed E-state index contributed by atoms with van der Waals surface area (Å²) < 4.78 is 13.2. The van der Waals surface area contributed by atoms with Gasteiger partial charge in [0.1, 0.15) is 10.8 Å². The highest BCUT2D eigenvalue weighted by Crippen LogP contribution is 2.24. The monoisotopic (exact) mass is 379 g/mol. The first-order valence-electron chi connectivity index (χ1n) is 6.69. The van der Waals surface area contributed by atoms with E-state index in [1.165, 1.54) is 23.5 Å². The highest BCUT2D eigenvalue weighted by molar-refractivity contribution is 7.13. The van der Waals surface area contributed by atoms with Crippen LogP contribution in [0.25, 0.3) is 10.6 Å². The molecule has 2 aromatic rings. The van der Waals surface area contributed by atoms with Crippen LogP contribution in [0.4, 0.5) is 4.39 Å². The summed E-state index contributed by atoms with van der Waals surface area (Å²) in [5.41, 5.74) is 1.46. The Morgan fingerprint density at radius 3 is 2.78 bits per heavy atom. The molecule has 0 unspecified atom stereocenters. The zero-order valence-corrected chi connectivity index (χ0v) is 15.4. The molecule has 0 saturated carbocycles. The molecule has 1 amide bonds. The lowest BCUT2D eigenvalue weighted by Crippen LogP contribution is -2.33. The van der Waals surface area contributed by atoms with E-state index in [4.69, 9.17) is 0 Å². The number of carbonyl (C=O) groups is 1. The molecule has 0 aliphatic rings. The third-order valence-electron chi connectivity index (χ3n) is 3.08. The molecule has 0 aliphatic heterocycles. The van der Waals surface area contributed by atoms with Gasteiger partial charge in [-0.05, 0) is 19.2 Å². The van der Waals surface area contributed by atoms with Crippen molar-refractivity contribution in [3.63, 3.8) is 0 Å². The minimum absolute atomic E-state index is 0. The van der Waals surface area contributed by atoms with Crippen molar-refractivity contribution in [1.29, 1.82) is 0 Å². The number of likely N-dealkylation sites (N-methyl/N-ethyl adjacent to an activating group) is 2. The number of aromatic nitrogens is 1. The SMILES string of the molecule is CNCCN(C)C(=O)Cc1csc(-c2cccc(F)c2)n1.Cl.Cl. The molecular formula is C15H20Cl2FN3OS. The summed E-state index contributed by atoms with van der Waals surface area (Å²) in [6, 6.07) is 6.32. The molecule has 23 heavy (non-hydrogen) atoms. The minimum atomic E-state index is -0.285. The van der Waals surface area contributed by atoms with Crippen LogP contribution < -0.4 is 5.32 Å². The van der Waals surface area contributed by atoms with Gasteiger partial charge in [0.05, 0.1) is 12.1 Å². The van der Waals surface area contributed by atoms with Crippen LogP contribution in [0.1, 0.15) is 5.69 Å². The number of hydrogen-bond acceptors (Lipinski definition) is 4. The number of amides is 1. The van der Waals surface area contributed by atoms with Crippen LogP contribution in [0.5, 0.6) is 0 Å². The van der Waals surface area contributed by atoms with E-state index in [1.54, 1.807) is 18.0 Å². The summed E-state index contributed by atoms with van der Waals surface area (Å²) >= 11 is 1.42. The van der Waals surface area contributed by atoms with Crippen molar-refractivity contribution < 1.29 is 9.18 Å². The van der Waals surface area contributed by atoms with Crippen LogP contribution in [0, 0.1) is 5.82 Å². The van der Waals surface area contributed by atoms with E-state index >= 15 is 0 Å². The first-order chi connectivity index (χ1) is 10.1. The summed E-state index contributed by atoms with van der Waals surface area (Å²) in [5, 5.41) is 5.59. The van der Waals surface area contributed by atoms with Gasteiger partial charge in [0, 0.05) is 31.1 Å². The second kappa shape index (κ2) is 10.5. The molecular weight excluding hydrogens is 360 g/mol. The molecule has 1 aromatic heterocycles. The molecule has 0 aliphatic carbocycles. The molecule has 2 rings (SSSR count). The number of rotatable bonds is 6. The standard InChI is InChI=1S/C15H18FN3OS.2ClH/c1-17-6-7-19(2)14(20)9-13-10-21-15(18-13)11-4-3-5-12(16)8-11;;/h3-5,8,10,17H,6-7,9H2,1-2H3;2*1H. The largest absolute Gasteiger partial charge is 0.344 e. The van der Waals surface area contributed by atoms with Gasteiger partial charge < -0.3 is 10.2 Å². The van der Waals surface area contributed by atoms with Crippen molar-refractivity contribution in [3.8, 4) is 10.6 Å². The predicted octanol–water partition coefficient (Wildman–Crippen LogP) is 3.01. The second-order valence-corrected chi connectivity index (χ2v) is 5.61. The summed E-state index contributed by atoms with van der Waals surface area (Å²) in [6.45, 7) is 1.42. The normalized spacial score (nSPS) is 9.70. The van der Waals surface area contributed by atoms with Crippen LogP contribution in [-0.2, 0) is 11.2 Å². The highest BCUT2D eigenvalue weighted by Gasteiger charge is 2.12. The van der Waals surface area contributed by atoms with Gasteiger partial charge in [0.15, 0.2) is 0 Å². The average molecular weight is 380 g/mol. The quantitative estimate of drug-likeness (QED) is 0.838. The molecule has 0 atom stereocenters. The number of halogens is 3. The number of nitrogens with one attached hydrogen (secondary N) is 1. The van der Waals surface area contributed by atoms with Gasteiger partial charge in [0.25, 0.3) is 0 Å². The van der Waals surface area contributed by atoms with Crippen molar-refractivity contribution in [1.82, 2.24) is 15.2 Å². The number of benzene rings is 1. The van der Waals surface area contributed by atoms with E-state index in [-0.39, 0.29) is 43.0 Å². The molecule has 0 fully saturated rings. The van der Waals surface area contributed by atoms with Gasteiger partial charge in [-0.3, -0.25) is 4.79 Å². The summed E-state index contributed by atoms with van der Waals surface area (Å²) in [4.78, 5) is 18.1. The lowest BCUT2D eigenvalue weighted by Gasteiger charge is -2.16. The Balaban J connectivity index is 0.00000242.